The number of ether oxygens (including phenoxy) is 2. The van der Waals surface area contributed by atoms with Crippen molar-refractivity contribution in [3.63, 3.8) is 0 Å². The lowest BCUT2D eigenvalue weighted by Crippen LogP contribution is -2.54. The summed E-state index contributed by atoms with van der Waals surface area (Å²) in [5.74, 6) is 1.57. The van der Waals surface area contributed by atoms with Gasteiger partial charge in [-0.2, -0.15) is 0 Å². The van der Waals surface area contributed by atoms with E-state index >= 15 is 0 Å². The van der Waals surface area contributed by atoms with Crippen molar-refractivity contribution in [3.8, 4) is 11.5 Å². The van der Waals surface area contributed by atoms with Crippen molar-refractivity contribution in [1.82, 2.24) is 4.90 Å². The Hall–Kier alpha value is -2.01. The minimum Gasteiger partial charge on any atom is -0.493 e. The molecule has 2 atom stereocenters. The number of benzene rings is 1. The maximum absolute atomic E-state index is 12.6. The molecule has 27 heavy (non-hydrogen) atoms. The third kappa shape index (κ3) is 4.64. The molecule has 5 heteroatoms. The molecule has 1 aliphatic heterocycles. The number of rotatable bonds is 5. The smallest absolute Gasteiger partial charge is 0.246 e. The van der Waals surface area contributed by atoms with Crippen molar-refractivity contribution in [2.24, 2.45) is 5.92 Å². The molecule has 1 aromatic carbocycles. The molecule has 148 valence electrons. The van der Waals surface area contributed by atoms with Crippen molar-refractivity contribution in [3.05, 3.63) is 29.8 Å². The van der Waals surface area contributed by atoms with Crippen LogP contribution in [0.15, 0.2) is 24.3 Å². The number of hydrogen-bond acceptors (Lipinski definition) is 4. The van der Waals surface area contributed by atoms with Gasteiger partial charge in [-0.1, -0.05) is 18.9 Å². The van der Waals surface area contributed by atoms with Gasteiger partial charge in [-0.3, -0.25) is 4.79 Å². The number of fused-ring (bicyclic) bond motifs is 1. The molecule has 1 aromatic rings. The van der Waals surface area contributed by atoms with E-state index in [2.05, 4.69) is 0 Å². The fourth-order valence-corrected chi connectivity index (χ4v) is 4.18. The number of likely N-dealkylation sites (tertiary alicyclic amines) is 1. The molecular formula is C22H31NO4. The molecule has 2 aliphatic rings. The van der Waals surface area contributed by atoms with E-state index in [1.54, 1.807) is 13.2 Å². The predicted octanol–water partition coefficient (Wildman–Crippen LogP) is 3.65. The Morgan fingerprint density at radius 2 is 2.11 bits per heavy atom. The highest BCUT2D eigenvalue weighted by atomic mass is 16.5. The second-order valence-electron chi connectivity index (χ2n) is 7.99. The number of nitrogens with zero attached hydrogens (tertiary/aromatic N) is 1. The van der Waals surface area contributed by atoms with Crippen LogP contribution in [0.1, 0.15) is 51.5 Å². The second kappa shape index (κ2) is 8.34. The maximum Gasteiger partial charge on any atom is 0.246 e. The number of hydrogen-bond donors (Lipinski definition) is 1. The van der Waals surface area contributed by atoms with Gasteiger partial charge < -0.3 is 19.5 Å². The summed E-state index contributed by atoms with van der Waals surface area (Å²) in [7, 11) is 1.61. The van der Waals surface area contributed by atoms with Gasteiger partial charge in [-0.25, -0.2) is 0 Å². The van der Waals surface area contributed by atoms with E-state index in [9.17, 15) is 9.90 Å². The Labute approximate surface area is 162 Å². The number of amides is 1. The number of aliphatic hydroxyl groups is 1. The molecule has 0 bridgehead atoms. The Morgan fingerprint density at radius 1 is 1.30 bits per heavy atom. The number of piperidine rings is 1. The summed E-state index contributed by atoms with van der Waals surface area (Å²) in [5, 5.41) is 10.8. The predicted molar refractivity (Wildman–Crippen MR) is 106 cm³/mol. The van der Waals surface area contributed by atoms with Crippen molar-refractivity contribution < 1.29 is 19.4 Å². The lowest BCUT2D eigenvalue weighted by molar-refractivity contribution is -0.138. The van der Waals surface area contributed by atoms with Crippen LogP contribution in [-0.2, 0) is 4.79 Å². The van der Waals surface area contributed by atoms with E-state index in [-0.39, 0.29) is 17.9 Å². The molecule has 3 rings (SSSR count). The third-order valence-electron chi connectivity index (χ3n) is 5.71. The van der Waals surface area contributed by atoms with E-state index in [0.717, 1.165) is 31.2 Å². The molecule has 1 aliphatic carbocycles. The van der Waals surface area contributed by atoms with Crippen LogP contribution in [0.3, 0.4) is 0 Å². The first kappa shape index (κ1) is 19.7. The van der Waals surface area contributed by atoms with Gasteiger partial charge in [-0.15, -0.1) is 0 Å². The average Bonchev–Trinajstić information content (AvgIpc) is 2.65. The fourth-order valence-electron chi connectivity index (χ4n) is 4.18. The van der Waals surface area contributed by atoms with Gasteiger partial charge in [-0.05, 0) is 56.9 Å². The average molecular weight is 373 g/mol. The minimum atomic E-state index is -0.557. The Bertz CT molecular complexity index is 700. The lowest BCUT2D eigenvalue weighted by Gasteiger charge is -2.47. The monoisotopic (exact) mass is 373 g/mol. The number of carbonyl (C=O) groups excluding carboxylic acids is 1. The highest BCUT2D eigenvalue weighted by Gasteiger charge is 2.43. The lowest BCUT2D eigenvalue weighted by atomic mass is 9.71. The van der Waals surface area contributed by atoms with Gasteiger partial charge in [0.15, 0.2) is 11.5 Å². The van der Waals surface area contributed by atoms with Crippen LogP contribution in [0.5, 0.6) is 11.5 Å². The van der Waals surface area contributed by atoms with Crippen LogP contribution in [0.4, 0.5) is 0 Å². The largest absolute Gasteiger partial charge is 0.493 e. The standard InChI is InChI=1S/C22H31NO4/c1-16(2)27-19-9-7-17(14-20(19)26-3)8-10-21(24)23-13-12-22(25)11-5-4-6-18(22)15-23/h7-10,14,16,18,25H,4-6,11-13,15H2,1-3H3/b10-8+/t18-,22+/m1/s1. The van der Waals surface area contributed by atoms with Gasteiger partial charge in [0, 0.05) is 25.1 Å². The summed E-state index contributed by atoms with van der Waals surface area (Å²) in [6, 6.07) is 5.66. The molecule has 5 nitrogen and oxygen atoms in total. The van der Waals surface area contributed by atoms with E-state index in [1.165, 1.54) is 0 Å². The highest BCUT2D eigenvalue weighted by Crippen LogP contribution is 2.39. The molecular weight excluding hydrogens is 342 g/mol. The van der Waals surface area contributed by atoms with Gasteiger partial charge in [0.05, 0.1) is 18.8 Å². The summed E-state index contributed by atoms with van der Waals surface area (Å²) >= 11 is 0. The van der Waals surface area contributed by atoms with Crippen LogP contribution in [0.25, 0.3) is 6.08 Å². The highest BCUT2D eigenvalue weighted by molar-refractivity contribution is 5.92. The molecule has 0 aromatic heterocycles. The van der Waals surface area contributed by atoms with Crippen LogP contribution in [0, 0.1) is 5.92 Å². The normalized spacial score (nSPS) is 25.5. The van der Waals surface area contributed by atoms with Crippen LogP contribution >= 0.6 is 0 Å². The zero-order valence-corrected chi connectivity index (χ0v) is 16.6. The fraction of sp³-hybridized carbons (Fsp3) is 0.591. The quantitative estimate of drug-likeness (QED) is 0.801. The van der Waals surface area contributed by atoms with Crippen LogP contribution in [-0.4, -0.2) is 47.8 Å². The Balaban J connectivity index is 1.64. The summed E-state index contributed by atoms with van der Waals surface area (Å²) in [6.45, 7) is 5.22. The summed E-state index contributed by atoms with van der Waals surface area (Å²) < 4.78 is 11.1. The molecule has 0 unspecified atom stereocenters. The van der Waals surface area contributed by atoms with Crippen molar-refractivity contribution >= 4 is 12.0 Å². The summed E-state index contributed by atoms with van der Waals surface area (Å²) in [4.78, 5) is 14.5. The molecule has 1 saturated heterocycles. The topological polar surface area (TPSA) is 59.0 Å². The second-order valence-corrected chi connectivity index (χ2v) is 7.99. The van der Waals surface area contributed by atoms with Crippen molar-refractivity contribution in [1.29, 1.82) is 0 Å². The maximum atomic E-state index is 12.6. The number of methoxy groups -OCH3 is 1. The zero-order valence-electron chi connectivity index (χ0n) is 16.6. The molecule has 1 heterocycles. The van der Waals surface area contributed by atoms with Crippen molar-refractivity contribution in [2.45, 2.75) is 57.7 Å². The summed E-state index contributed by atoms with van der Waals surface area (Å²) in [6.07, 6.45) is 8.32. The van der Waals surface area contributed by atoms with Gasteiger partial charge in [0.25, 0.3) is 0 Å². The first-order chi connectivity index (χ1) is 12.9. The zero-order chi connectivity index (χ0) is 19.4. The first-order valence-electron chi connectivity index (χ1n) is 9.95. The molecule has 1 N–H and O–H groups in total. The van der Waals surface area contributed by atoms with Crippen LogP contribution < -0.4 is 9.47 Å². The summed E-state index contributed by atoms with van der Waals surface area (Å²) in [5.41, 5.74) is 0.334. The Kier molecular flexibility index (Phi) is 6.10. The SMILES string of the molecule is COc1cc(/C=C/C(=O)N2CC[C@@]3(O)CCCC[C@@H]3C2)ccc1OC(C)C. The van der Waals surface area contributed by atoms with Gasteiger partial charge in [0.1, 0.15) is 0 Å². The van der Waals surface area contributed by atoms with Gasteiger partial charge >= 0.3 is 0 Å². The Morgan fingerprint density at radius 3 is 2.85 bits per heavy atom. The van der Waals surface area contributed by atoms with Crippen LogP contribution in [0.2, 0.25) is 0 Å². The van der Waals surface area contributed by atoms with Gasteiger partial charge in [0.2, 0.25) is 5.91 Å². The molecule has 2 fully saturated rings. The molecule has 1 amide bonds. The molecule has 0 spiro atoms. The minimum absolute atomic E-state index is 0.00379. The third-order valence-corrected chi connectivity index (χ3v) is 5.71. The first-order valence-corrected chi connectivity index (χ1v) is 9.95. The van der Waals surface area contributed by atoms with E-state index < -0.39 is 5.60 Å². The van der Waals surface area contributed by atoms with E-state index in [1.807, 2.05) is 43.0 Å². The van der Waals surface area contributed by atoms with E-state index in [4.69, 9.17) is 9.47 Å². The number of carbonyl (C=O) groups is 1. The molecule has 0 radical (unpaired) electrons. The van der Waals surface area contributed by atoms with E-state index in [0.29, 0.717) is 31.0 Å². The van der Waals surface area contributed by atoms with Crippen molar-refractivity contribution in [2.75, 3.05) is 20.2 Å². The molecule has 1 saturated carbocycles.